The average Bonchev–Trinajstić information content (AvgIpc) is 2.86. The molecule has 9 heteroatoms. The number of halogens is 3. The minimum absolute atomic E-state index is 0.166. The van der Waals surface area contributed by atoms with E-state index in [4.69, 9.17) is 0 Å². The van der Waals surface area contributed by atoms with Gasteiger partial charge in [0.1, 0.15) is 0 Å². The molecule has 0 bridgehead atoms. The molecule has 0 spiro atoms. The summed E-state index contributed by atoms with van der Waals surface area (Å²) in [6, 6.07) is 1.68. The fraction of sp³-hybridized carbons (Fsp3) is 0.300. The molecule has 0 fully saturated rings. The number of amides is 1. The molecule has 0 aliphatic carbocycles. The molecule has 0 aromatic carbocycles. The summed E-state index contributed by atoms with van der Waals surface area (Å²) in [6.07, 6.45) is -4.54. The Balaban J connectivity index is 2.13. The number of carbonyl (C=O) groups is 1. The predicted molar refractivity (Wildman–Crippen MR) is 66.7 cm³/mol. The van der Waals surface area contributed by atoms with Crippen molar-refractivity contribution in [3.05, 3.63) is 26.4 Å². The minimum Gasteiger partial charge on any atom is -0.296 e. The predicted octanol–water partition coefficient (Wildman–Crippen LogP) is 3.49. The van der Waals surface area contributed by atoms with Gasteiger partial charge in [0.25, 0.3) is 5.91 Å². The monoisotopic (exact) mass is 307 g/mol. The number of hydrogen-bond acceptors (Lipinski definition) is 5. The van der Waals surface area contributed by atoms with Gasteiger partial charge in [0.05, 0.1) is 4.88 Å². The van der Waals surface area contributed by atoms with Crippen molar-refractivity contribution in [2.75, 3.05) is 5.32 Å². The minimum atomic E-state index is -4.54. The van der Waals surface area contributed by atoms with Gasteiger partial charge in [-0.1, -0.05) is 11.3 Å². The summed E-state index contributed by atoms with van der Waals surface area (Å²) in [6.45, 7) is 3.72. The van der Waals surface area contributed by atoms with Crippen LogP contribution in [0.25, 0.3) is 0 Å². The van der Waals surface area contributed by atoms with Gasteiger partial charge in [-0.15, -0.1) is 21.5 Å². The van der Waals surface area contributed by atoms with Crippen LogP contribution in [0.4, 0.5) is 18.3 Å². The van der Waals surface area contributed by atoms with E-state index < -0.39 is 17.1 Å². The molecule has 0 aliphatic rings. The van der Waals surface area contributed by atoms with Gasteiger partial charge in [0, 0.05) is 4.88 Å². The summed E-state index contributed by atoms with van der Waals surface area (Å²) >= 11 is 1.58. The quantitative estimate of drug-likeness (QED) is 0.924. The first-order valence-corrected chi connectivity index (χ1v) is 6.70. The van der Waals surface area contributed by atoms with Crippen LogP contribution >= 0.6 is 22.7 Å². The van der Waals surface area contributed by atoms with Gasteiger partial charge in [0.2, 0.25) is 10.1 Å². The highest BCUT2D eigenvalue weighted by molar-refractivity contribution is 7.16. The normalized spacial score (nSPS) is 11.6. The Morgan fingerprint density at radius 2 is 1.95 bits per heavy atom. The lowest BCUT2D eigenvalue weighted by Crippen LogP contribution is -2.09. The molecule has 0 saturated carbocycles. The SMILES string of the molecule is Cc1cc(C(=O)Nc2nnc(C(F)(F)F)s2)sc1C. The second-order valence-corrected chi connectivity index (χ2v) is 5.95. The summed E-state index contributed by atoms with van der Waals surface area (Å²) in [5.74, 6) is -0.480. The van der Waals surface area contributed by atoms with Crippen LogP contribution in [0.5, 0.6) is 0 Å². The molecule has 0 radical (unpaired) electrons. The molecule has 0 atom stereocenters. The van der Waals surface area contributed by atoms with Gasteiger partial charge in [-0.2, -0.15) is 13.2 Å². The van der Waals surface area contributed by atoms with E-state index in [1.54, 1.807) is 6.07 Å². The maximum atomic E-state index is 12.3. The Labute approximate surface area is 114 Å². The molecule has 2 rings (SSSR count). The van der Waals surface area contributed by atoms with E-state index in [-0.39, 0.29) is 5.13 Å². The molecule has 102 valence electrons. The lowest BCUT2D eigenvalue weighted by Gasteiger charge is -1.98. The molecule has 0 saturated heterocycles. The fourth-order valence-corrected chi connectivity index (χ4v) is 2.77. The number of thiophene rings is 1. The van der Waals surface area contributed by atoms with E-state index in [9.17, 15) is 18.0 Å². The first-order valence-electron chi connectivity index (χ1n) is 5.06. The third kappa shape index (κ3) is 3.10. The highest BCUT2D eigenvalue weighted by Crippen LogP contribution is 2.33. The van der Waals surface area contributed by atoms with Gasteiger partial charge < -0.3 is 0 Å². The van der Waals surface area contributed by atoms with Crippen LogP contribution in [0, 0.1) is 13.8 Å². The van der Waals surface area contributed by atoms with Crippen LogP contribution < -0.4 is 5.32 Å². The molecule has 4 nitrogen and oxygen atoms in total. The van der Waals surface area contributed by atoms with Crippen LogP contribution in [0.1, 0.15) is 25.1 Å². The average molecular weight is 307 g/mol. The zero-order valence-corrected chi connectivity index (χ0v) is 11.5. The lowest BCUT2D eigenvalue weighted by atomic mass is 10.3. The zero-order chi connectivity index (χ0) is 14.2. The Hall–Kier alpha value is -1.48. The Kier molecular flexibility index (Phi) is 3.59. The summed E-state index contributed by atoms with van der Waals surface area (Å²) in [5, 5.41) is 7.35. The van der Waals surface area contributed by atoms with E-state index in [1.165, 1.54) is 11.3 Å². The van der Waals surface area contributed by atoms with Crippen LogP contribution in [-0.4, -0.2) is 16.1 Å². The first-order chi connectivity index (χ1) is 8.77. The zero-order valence-electron chi connectivity index (χ0n) is 9.83. The van der Waals surface area contributed by atoms with E-state index in [0.29, 0.717) is 16.2 Å². The Morgan fingerprint density at radius 3 is 2.42 bits per heavy atom. The van der Waals surface area contributed by atoms with Crippen molar-refractivity contribution in [3.63, 3.8) is 0 Å². The van der Waals surface area contributed by atoms with E-state index in [0.717, 1.165) is 10.4 Å². The van der Waals surface area contributed by atoms with Gasteiger partial charge in [-0.05, 0) is 25.5 Å². The number of nitrogens with zero attached hydrogens (tertiary/aromatic N) is 2. The van der Waals surface area contributed by atoms with Crippen molar-refractivity contribution in [1.29, 1.82) is 0 Å². The summed E-state index contributed by atoms with van der Waals surface area (Å²) < 4.78 is 36.9. The molecular formula is C10H8F3N3OS2. The largest absolute Gasteiger partial charge is 0.445 e. The number of anilines is 1. The molecule has 1 amide bonds. The van der Waals surface area contributed by atoms with Gasteiger partial charge >= 0.3 is 6.18 Å². The van der Waals surface area contributed by atoms with Crippen molar-refractivity contribution in [2.24, 2.45) is 0 Å². The van der Waals surface area contributed by atoms with Gasteiger partial charge in [0.15, 0.2) is 0 Å². The van der Waals surface area contributed by atoms with Crippen LogP contribution in [0.2, 0.25) is 0 Å². The van der Waals surface area contributed by atoms with Gasteiger partial charge in [-0.25, -0.2) is 0 Å². The van der Waals surface area contributed by atoms with E-state index >= 15 is 0 Å². The number of carbonyl (C=O) groups excluding carboxylic acids is 1. The highest BCUT2D eigenvalue weighted by Gasteiger charge is 2.35. The number of hydrogen-bond donors (Lipinski definition) is 1. The molecule has 19 heavy (non-hydrogen) atoms. The lowest BCUT2D eigenvalue weighted by molar-refractivity contribution is -0.138. The number of aryl methyl sites for hydroxylation is 2. The molecule has 0 unspecified atom stereocenters. The smallest absolute Gasteiger partial charge is 0.296 e. The first kappa shape index (κ1) is 13.9. The van der Waals surface area contributed by atoms with Crippen molar-refractivity contribution in [3.8, 4) is 0 Å². The standard InChI is InChI=1S/C10H8F3N3OS2/c1-4-3-6(18-5(4)2)7(17)14-9-16-15-8(19-9)10(11,12)13/h3H,1-2H3,(H,14,16,17). The summed E-state index contributed by atoms with van der Waals surface area (Å²) in [7, 11) is 0. The fourth-order valence-electron chi connectivity index (χ4n) is 1.23. The van der Waals surface area contributed by atoms with Crippen LogP contribution in [0.3, 0.4) is 0 Å². The Morgan fingerprint density at radius 1 is 1.26 bits per heavy atom. The maximum absolute atomic E-state index is 12.3. The van der Waals surface area contributed by atoms with Crippen LogP contribution in [-0.2, 0) is 6.18 Å². The number of rotatable bonds is 2. The second-order valence-electron chi connectivity index (χ2n) is 3.71. The molecular weight excluding hydrogens is 299 g/mol. The molecule has 0 aliphatic heterocycles. The van der Waals surface area contributed by atoms with Crippen molar-refractivity contribution in [1.82, 2.24) is 10.2 Å². The van der Waals surface area contributed by atoms with Crippen molar-refractivity contribution in [2.45, 2.75) is 20.0 Å². The third-order valence-corrected chi connectivity index (χ3v) is 4.31. The summed E-state index contributed by atoms with van der Waals surface area (Å²) in [5.41, 5.74) is 0.961. The van der Waals surface area contributed by atoms with Crippen molar-refractivity contribution >= 4 is 33.7 Å². The number of nitrogens with one attached hydrogen (secondary N) is 1. The molecule has 2 aromatic heterocycles. The van der Waals surface area contributed by atoms with Crippen molar-refractivity contribution < 1.29 is 18.0 Å². The van der Waals surface area contributed by atoms with E-state index in [2.05, 4.69) is 15.5 Å². The molecule has 2 aromatic rings. The third-order valence-electron chi connectivity index (χ3n) is 2.28. The van der Waals surface area contributed by atoms with E-state index in [1.807, 2.05) is 13.8 Å². The maximum Gasteiger partial charge on any atom is 0.445 e. The topological polar surface area (TPSA) is 54.9 Å². The number of alkyl halides is 3. The Bertz CT molecular complexity index is 598. The van der Waals surface area contributed by atoms with Gasteiger partial charge in [-0.3, -0.25) is 10.1 Å². The second kappa shape index (κ2) is 4.89. The number of aromatic nitrogens is 2. The highest BCUT2D eigenvalue weighted by atomic mass is 32.1. The molecule has 1 N–H and O–H groups in total. The molecule has 2 heterocycles. The summed E-state index contributed by atoms with van der Waals surface area (Å²) in [4.78, 5) is 13.2. The van der Waals surface area contributed by atoms with Crippen LogP contribution in [0.15, 0.2) is 6.07 Å².